The molecular weight excluding hydrogens is 326 g/mol. The molecule has 0 bridgehead atoms. The van der Waals surface area contributed by atoms with Crippen LogP contribution >= 0.6 is 0 Å². The molecule has 138 valence electrons. The molecule has 6 nitrogen and oxygen atoms in total. The number of aromatic nitrogens is 2. The molecule has 0 radical (unpaired) electrons. The van der Waals surface area contributed by atoms with Gasteiger partial charge >= 0.3 is 0 Å². The largest absolute Gasteiger partial charge is 0.371 e. The number of piperidine rings is 1. The van der Waals surface area contributed by atoms with Gasteiger partial charge in [-0.3, -0.25) is 9.48 Å². The highest BCUT2D eigenvalue weighted by Crippen LogP contribution is 2.33. The smallest absolute Gasteiger partial charge is 0.251 e. The monoisotopic (exact) mass is 353 g/mol. The highest BCUT2D eigenvalue weighted by atomic mass is 16.2. The molecule has 1 aliphatic heterocycles. The van der Waals surface area contributed by atoms with Crippen molar-refractivity contribution in [2.24, 2.45) is 13.0 Å². The van der Waals surface area contributed by atoms with Crippen LogP contribution in [-0.4, -0.2) is 45.8 Å². The first kappa shape index (κ1) is 17.1. The van der Waals surface area contributed by atoms with Crippen LogP contribution in [0.4, 0.5) is 11.5 Å². The lowest BCUT2D eigenvalue weighted by Crippen LogP contribution is -2.56. The molecule has 6 heteroatoms. The summed E-state index contributed by atoms with van der Waals surface area (Å²) in [4.78, 5) is 15.7. The highest BCUT2D eigenvalue weighted by Gasteiger charge is 2.42. The van der Waals surface area contributed by atoms with Gasteiger partial charge in [-0.2, -0.15) is 5.10 Å². The molecule has 1 amide bonds. The fourth-order valence-electron chi connectivity index (χ4n) is 3.71. The summed E-state index contributed by atoms with van der Waals surface area (Å²) >= 11 is 0. The molecule has 0 atom stereocenters. The van der Waals surface area contributed by atoms with Crippen molar-refractivity contribution in [3.63, 3.8) is 0 Å². The lowest BCUT2D eigenvalue weighted by Gasteiger charge is -2.41. The van der Waals surface area contributed by atoms with Crippen molar-refractivity contribution in [2.75, 3.05) is 30.3 Å². The van der Waals surface area contributed by atoms with E-state index in [0.717, 1.165) is 37.5 Å². The van der Waals surface area contributed by atoms with E-state index in [2.05, 4.69) is 20.6 Å². The summed E-state index contributed by atoms with van der Waals surface area (Å²) < 4.78 is 1.70. The lowest BCUT2D eigenvalue weighted by atomic mass is 9.85. The van der Waals surface area contributed by atoms with Crippen molar-refractivity contribution in [1.82, 2.24) is 14.7 Å². The molecule has 4 rings (SSSR count). The van der Waals surface area contributed by atoms with E-state index in [-0.39, 0.29) is 5.91 Å². The number of nitrogens with zero attached hydrogens (tertiary/aromatic N) is 3. The van der Waals surface area contributed by atoms with Crippen molar-refractivity contribution < 1.29 is 4.79 Å². The summed E-state index contributed by atoms with van der Waals surface area (Å²) in [5, 5.41) is 10.8. The second-order valence-corrected chi connectivity index (χ2v) is 7.65. The maximum absolute atomic E-state index is 13.2. The molecule has 2 aromatic rings. The van der Waals surface area contributed by atoms with E-state index < -0.39 is 5.54 Å². The first-order valence-corrected chi connectivity index (χ1v) is 9.50. The van der Waals surface area contributed by atoms with Crippen LogP contribution in [-0.2, 0) is 11.8 Å². The number of amides is 1. The van der Waals surface area contributed by atoms with Crippen molar-refractivity contribution in [2.45, 2.75) is 31.2 Å². The van der Waals surface area contributed by atoms with Gasteiger partial charge in [0.05, 0.1) is 0 Å². The van der Waals surface area contributed by atoms with E-state index in [4.69, 9.17) is 0 Å². The van der Waals surface area contributed by atoms with E-state index in [9.17, 15) is 4.79 Å². The zero-order valence-corrected chi connectivity index (χ0v) is 15.3. The van der Waals surface area contributed by atoms with Crippen LogP contribution in [0.1, 0.15) is 25.7 Å². The van der Waals surface area contributed by atoms with Crippen molar-refractivity contribution >= 4 is 17.4 Å². The number of likely N-dealkylation sites (tertiary alicyclic amines) is 1. The maximum Gasteiger partial charge on any atom is 0.251 e. The molecule has 1 saturated carbocycles. The number of benzene rings is 1. The van der Waals surface area contributed by atoms with E-state index in [1.807, 2.05) is 49.6 Å². The van der Waals surface area contributed by atoms with E-state index in [0.29, 0.717) is 5.82 Å². The Morgan fingerprint density at radius 3 is 2.54 bits per heavy atom. The average molecular weight is 353 g/mol. The summed E-state index contributed by atoms with van der Waals surface area (Å²) in [6.45, 7) is 3.08. The number of carbonyl (C=O) groups excluding carboxylic acids is 1. The quantitative estimate of drug-likeness (QED) is 0.838. The molecule has 26 heavy (non-hydrogen) atoms. The summed E-state index contributed by atoms with van der Waals surface area (Å²) in [7, 11) is 1.85. The number of para-hydroxylation sites is 1. The molecule has 2 N–H and O–H groups in total. The van der Waals surface area contributed by atoms with Crippen LogP contribution in [0.5, 0.6) is 0 Å². The van der Waals surface area contributed by atoms with Gasteiger partial charge in [-0.1, -0.05) is 18.2 Å². The van der Waals surface area contributed by atoms with Crippen LogP contribution in [0.2, 0.25) is 0 Å². The van der Waals surface area contributed by atoms with Crippen molar-refractivity contribution in [3.05, 3.63) is 42.6 Å². The van der Waals surface area contributed by atoms with Crippen LogP contribution in [0.3, 0.4) is 0 Å². The minimum absolute atomic E-state index is 0.00567. The predicted molar refractivity (Wildman–Crippen MR) is 103 cm³/mol. The fourth-order valence-corrected chi connectivity index (χ4v) is 3.71. The average Bonchev–Trinajstić information content (AvgIpc) is 3.37. The molecule has 2 fully saturated rings. The maximum atomic E-state index is 13.2. The van der Waals surface area contributed by atoms with Gasteiger partial charge < -0.3 is 15.5 Å². The molecule has 2 heterocycles. The van der Waals surface area contributed by atoms with Gasteiger partial charge in [0.1, 0.15) is 5.54 Å². The van der Waals surface area contributed by atoms with Crippen molar-refractivity contribution in [3.8, 4) is 0 Å². The van der Waals surface area contributed by atoms with Crippen LogP contribution < -0.4 is 10.6 Å². The van der Waals surface area contributed by atoms with Gasteiger partial charge in [-0.25, -0.2) is 0 Å². The Morgan fingerprint density at radius 1 is 1.19 bits per heavy atom. The van der Waals surface area contributed by atoms with E-state index in [1.165, 1.54) is 19.4 Å². The Hall–Kier alpha value is -2.34. The van der Waals surface area contributed by atoms with E-state index in [1.54, 1.807) is 4.68 Å². The Labute approximate surface area is 154 Å². The molecule has 0 unspecified atom stereocenters. The molecular formula is C20H27N5O. The second kappa shape index (κ2) is 7.11. The van der Waals surface area contributed by atoms with Gasteiger partial charge in [0.15, 0.2) is 5.82 Å². The Kier molecular flexibility index (Phi) is 4.68. The van der Waals surface area contributed by atoms with Crippen LogP contribution in [0.25, 0.3) is 0 Å². The number of nitrogens with one attached hydrogen (secondary N) is 2. The topological polar surface area (TPSA) is 62.2 Å². The molecule has 1 saturated heterocycles. The number of aryl methyl sites for hydroxylation is 1. The lowest BCUT2D eigenvalue weighted by molar-refractivity contribution is -0.121. The summed E-state index contributed by atoms with van der Waals surface area (Å²) in [5.74, 6) is 1.49. The standard InChI is InChI=1S/C20H27N5O/c1-24-12-9-18(23-24)21-19(26)20(22-17-5-3-2-4-6-17)10-13-25(14-11-20)15-16-7-8-16/h2-6,9,12,16,22H,7-8,10-11,13-15H2,1H3,(H,21,23,26). The molecule has 1 aliphatic carbocycles. The van der Waals surface area contributed by atoms with E-state index >= 15 is 0 Å². The zero-order valence-electron chi connectivity index (χ0n) is 15.3. The van der Waals surface area contributed by atoms with Gasteiger partial charge in [-0.15, -0.1) is 0 Å². The zero-order chi connectivity index (χ0) is 18.0. The molecule has 0 spiro atoms. The predicted octanol–water partition coefficient (Wildman–Crippen LogP) is 2.72. The minimum Gasteiger partial charge on any atom is -0.371 e. The Balaban J connectivity index is 1.49. The van der Waals surface area contributed by atoms with Gasteiger partial charge in [-0.05, 0) is 43.7 Å². The molecule has 2 aliphatic rings. The third kappa shape index (κ3) is 3.90. The fraction of sp³-hybridized carbons (Fsp3) is 0.500. The Morgan fingerprint density at radius 2 is 1.92 bits per heavy atom. The first-order valence-electron chi connectivity index (χ1n) is 9.50. The summed E-state index contributed by atoms with van der Waals surface area (Å²) in [5.41, 5.74) is 0.387. The summed E-state index contributed by atoms with van der Waals surface area (Å²) in [6.07, 6.45) is 6.17. The highest BCUT2D eigenvalue weighted by molar-refractivity contribution is 5.99. The van der Waals surface area contributed by atoms with Gasteiger partial charge in [0.2, 0.25) is 0 Å². The third-order valence-corrected chi connectivity index (χ3v) is 5.47. The third-order valence-electron chi connectivity index (χ3n) is 5.47. The minimum atomic E-state index is -0.598. The number of carbonyl (C=O) groups is 1. The normalized spacial score (nSPS) is 19.9. The number of rotatable bonds is 6. The molecule has 1 aromatic carbocycles. The second-order valence-electron chi connectivity index (χ2n) is 7.65. The first-order chi connectivity index (χ1) is 12.6. The summed E-state index contributed by atoms with van der Waals surface area (Å²) in [6, 6.07) is 11.9. The van der Waals surface area contributed by atoms with Gasteiger partial charge in [0.25, 0.3) is 5.91 Å². The van der Waals surface area contributed by atoms with Crippen LogP contribution in [0.15, 0.2) is 42.6 Å². The van der Waals surface area contributed by atoms with Gasteiger partial charge in [0, 0.05) is 44.6 Å². The van der Waals surface area contributed by atoms with Crippen LogP contribution in [0, 0.1) is 5.92 Å². The number of hydrogen-bond donors (Lipinski definition) is 2. The number of anilines is 2. The Bertz CT molecular complexity index is 745. The number of hydrogen-bond acceptors (Lipinski definition) is 4. The van der Waals surface area contributed by atoms with Crippen molar-refractivity contribution in [1.29, 1.82) is 0 Å². The SMILES string of the molecule is Cn1ccc(NC(=O)C2(Nc3ccccc3)CCN(CC3CC3)CC2)n1. The molecule has 1 aromatic heterocycles.